The summed E-state index contributed by atoms with van der Waals surface area (Å²) < 4.78 is 1.61. The van der Waals surface area contributed by atoms with E-state index in [-0.39, 0.29) is 24.5 Å². The van der Waals surface area contributed by atoms with Crippen LogP contribution in [0.25, 0.3) is 5.65 Å². The third-order valence-corrected chi connectivity index (χ3v) is 5.98. The van der Waals surface area contributed by atoms with Crippen molar-refractivity contribution in [1.82, 2.24) is 25.2 Å². The Morgan fingerprint density at radius 1 is 1.29 bits per heavy atom. The molecule has 1 fully saturated rings. The highest BCUT2D eigenvalue weighted by molar-refractivity contribution is 6.02. The third-order valence-electron chi connectivity index (χ3n) is 5.98. The van der Waals surface area contributed by atoms with Gasteiger partial charge in [0.2, 0.25) is 0 Å². The van der Waals surface area contributed by atoms with E-state index in [0.717, 1.165) is 38.0 Å². The predicted octanol–water partition coefficient (Wildman–Crippen LogP) is 1.97. The molecule has 2 unspecified atom stereocenters. The average molecular weight is 422 g/mol. The minimum absolute atomic E-state index is 0.0418. The molecule has 8 nitrogen and oxygen atoms in total. The Balaban J connectivity index is 1.43. The number of carbonyl (C=O) groups excluding carboxylic acids is 1. The minimum Gasteiger partial charge on any atom is -0.370 e. The molecule has 3 aromatic rings. The van der Waals surface area contributed by atoms with Crippen molar-refractivity contribution in [3.8, 4) is 0 Å². The molecule has 1 saturated heterocycles. The molecule has 164 valence electrons. The van der Waals surface area contributed by atoms with Crippen molar-refractivity contribution in [2.75, 3.05) is 25.0 Å². The first-order valence-electron chi connectivity index (χ1n) is 10.9. The molecule has 0 aliphatic carbocycles. The van der Waals surface area contributed by atoms with Crippen LogP contribution in [0, 0.1) is 12.8 Å². The first-order valence-corrected chi connectivity index (χ1v) is 10.9. The number of ketones is 1. The van der Waals surface area contributed by atoms with Gasteiger partial charge in [-0.05, 0) is 63.4 Å². The molecule has 31 heavy (non-hydrogen) atoms. The van der Waals surface area contributed by atoms with Crippen molar-refractivity contribution in [3.05, 3.63) is 60.0 Å². The van der Waals surface area contributed by atoms with E-state index in [9.17, 15) is 4.79 Å². The number of nitrogens with two attached hydrogens (primary N) is 1. The number of Topliss-reactive ketones (excluding diaryl/α,β-unsaturated/α-hetero) is 1. The van der Waals surface area contributed by atoms with Gasteiger partial charge in [0.1, 0.15) is 0 Å². The van der Waals surface area contributed by atoms with Crippen LogP contribution in [0.1, 0.15) is 35.2 Å². The van der Waals surface area contributed by atoms with Crippen LogP contribution in [0.5, 0.6) is 0 Å². The number of nitrogens with zero attached hydrogens (tertiary/aromatic N) is 3. The number of hydrogen-bond donors (Lipinski definition) is 4. The minimum atomic E-state index is -0.119. The standard InChI is InChI=1S/C23H31N7O/c1-16-3-5-18(6-4-16)29-22(13-20(24)17-7-10-25-11-8-17)27-15-21(31)19-14-28-30-12-2-9-26-23(19)30/h2-6,9,12,14,17,20,22,25,27,29H,7-8,10-11,13,15,24H2,1H3. The number of hydrogen-bond acceptors (Lipinski definition) is 7. The largest absolute Gasteiger partial charge is 0.370 e. The number of nitrogens with one attached hydrogen (secondary N) is 3. The molecule has 4 rings (SSSR count). The Hall–Kier alpha value is -2.81. The molecule has 1 aliphatic heterocycles. The predicted molar refractivity (Wildman–Crippen MR) is 122 cm³/mol. The number of rotatable bonds is 9. The summed E-state index contributed by atoms with van der Waals surface area (Å²) in [5, 5.41) is 14.5. The lowest BCUT2D eigenvalue weighted by Crippen LogP contribution is -2.47. The van der Waals surface area contributed by atoms with Gasteiger partial charge in [0.05, 0.1) is 24.5 Å². The first kappa shape index (κ1) is 21.4. The second-order valence-electron chi connectivity index (χ2n) is 8.30. The highest BCUT2D eigenvalue weighted by Crippen LogP contribution is 2.19. The highest BCUT2D eigenvalue weighted by atomic mass is 16.1. The van der Waals surface area contributed by atoms with E-state index in [1.807, 2.05) is 0 Å². The summed E-state index contributed by atoms with van der Waals surface area (Å²) in [5.41, 5.74) is 9.89. The van der Waals surface area contributed by atoms with E-state index in [1.54, 1.807) is 29.2 Å². The van der Waals surface area contributed by atoms with Gasteiger partial charge < -0.3 is 16.4 Å². The van der Waals surface area contributed by atoms with E-state index in [1.165, 1.54) is 5.56 Å². The van der Waals surface area contributed by atoms with Crippen LogP contribution in [-0.4, -0.2) is 52.2 Å². The monoisotopic (exact) mass is 421 g/mol. The average Bonchev–Trinajstić information content (AvgIpc) is 3.23. The van der Waals surface area contributed by atoms with E-state index < -0.39 is 0 Å². The van der Waals surface area contributed by atoms with Crippen molar-refractivity contribution >= 4 is 17.1 Å². The number of piperidine rings is 1. The van der Waals surface area contributed by atoms with Crippen molar-refractivity contribution < 1.29 is 4.79 Å². The molecule has 2 atom stereocenters. The molecular formula is C23H31N7O. The highest BCUT2D eigenvalue weighted by Gasteiger charge is 2.24. The summed E-state index contributed by atoms with van der Waals surface area (Å²) in [6, 6.07) is 10.1. The summed E-state index contributed by atoms with van der Waals surface area (Å²) in [6.07, 6.45) is 7.82. The van der Waals surface area contributed by atoms with Crippen LogP contribution in [0.3, 0.4) is 0 Å². The molecule has 5 N–H and O–H groups in total. The molecular weight excluding hydrogens is 390 g/mol. The fourth-order valence-electron chi connectivity index (χ4n) is 4.12. The summed E-state index contributed by atoms with van der Waals surface area (Å²) >= 11 is 0. The summed E-state index contributed by atoms with van der Waals surface area (Å²) in [6.45, 7) is 4.28. The van der Waals surface area contributed by atoms with Crippen molar-refractivity contribution in [2.24, 2.45) is 11.7 Å². The van der Waals surface area contributed by atoms with E-state index in [0.29, 0.717) is 17.1 Å². The number of fused-ring (bicyclic) bond motifs is 1. The van der Waals surface area contributed by atoms with Gasteiger partial charge in [-0.3, -0.25) is 10.1 Å². The Kier molecular flexibility index (Phi) is 6.91. The number of aromatic nitrogens is 3. The van der Waals surface area contributed by atoms with Crippen LogP contribution in [0.15, 0.2) is 48.9 Å². The molecule has 1 aliphatic rings. The van der Waals surface area contributed by atoms with Gasteiger partial charge in [0, 0.05) is 24.1 Å². The van der Waals surface area contributed by atoms with Crippen LogP contribution < -0.4 is 21.7 Å². The van der Waals surface area contributed by atoms with Gasteiger partial charge in [0.15, 0.2) is 11.4 Å². The maximum atomic E-state index is 12.9. The van der Waals surface area contributed by atoms with E-state index in [4.69, 9.17) is 5.73 Å². The fourth-order valence-corrected chi connectivity index (χ4v) is 4.12. The Labute approximate surface area is 182 Å². The van der Waals surface area contributed by atoms with Gasteiger partial charge in [-0.25, -0.2) is 9.50 Å². The molecule has 0 radical (unpaired) electrons. The Bertz CT molecular complexity index is 995. The molecule has 2 aromatic heterocycles. The van der Waals surface area contributed by atoms with E-state index >= 15 is 0 Å². The first-order chi connectivity index (χ1) is 15.1. The quantitative estimate of drug-likeness (QED) is 0.309. The summed E-state index contributed by atoms with van der Waals surface area (Å²) in [4.78, 5) is 17.2. The molecule has 0 bridgehead atoms. The number of anilines is 1. The zero-order chi connectivity index (χ0) is 21.6. The zero-order valence-corrected chi connectivity index (χ0v) is 17.9. The lowest BCUT2D eigenvalue weighted by atomic mass is 9.88. The smallest absolute Gasteiger partial charge is 0.182 e. The molecule has 0 spiro atoms. The normalized spacial score (nSPS) is 16.8. The molecule has 8 heteroatoms. The van der Waals surface area contributed by atoms with Crippen LogP contribution in [0.2, 0.25) is 0 Å². The summed E-state index contributed by atoms with van der Waals surface area (Å²) in [5.74, 6) is 0.449. The Morgan fingerprint density at radius 3 is 2.84 bits per heavy atom. The fraction of sp³-hybridized carbons (Fsp3) is 0.435. The molecule has 1 aromatic carbocycles. The van der Waals surface area contributed by atoms with Gasteiger partial charge >= 0.3 is 0 Å². The van der Waals surface area contributed by atoms with Crippen molar-refractivity contribution in [3.63, 3.8) is 0 Å². The zero-order valence-electron chi connectivity index (χ0n) is 17.9. The van der Waals surface area contributed by atoms with Crippen LogP contribution in [-0.2, 0) is 0 Å². The second kappa shape index (κ2) is 10.00. The van der Waals surface area contributed by atoms with Crippen LogP contribution >= 0.6 is 0 Å². The topological polar surface area (TPSA) is 109 Å². The molecule has 0 saturated carbocycles. The van der Waals surface area contributed by atoms with Gasteiger partial charge in [-0.2, -0.15) is 5.10 Å². The number of aryl methyl sites for hydroxylation is 1. The SMILES string of the molecule is Cc1ccc(NC(CC(N)C2CCNCC2)NCC(=O)c2cnn3cccnc23)cc1. The van der Waals surface area contributed by atoms with Crippen LogP contribution in [0.4, 0.5) is 5.69 Å². The van der Waals surface area contributed by atoms with Gasteiger partial charge in [0.25, 0.3) is 0 Å². The third kappa shape index (κ3) is 5.46. The van der Waals surface area contributed by atoms with Gasteiger partial charge in [-0.1, -0.05) is 17.7 Å². The maximum Gasteiger partial charge on any atom is 0.182 e. The number of benzene rings is 1. The van der Waals surface area contributed by atoms with Crippen molar-refractivity contribution in [2.45, 2.75) is 38.4 Å². The maximum absolute atomic E-state index is 12.9. The lowest BCUT2D eigenvalue weighted by Gasteiger charge is -2.31. The number of carbonyl (C=O) groups is 1. The second-order valence-corrected chi connectivity index (χ2v) is 8.30. The van der Waals surface area contributed by atoms with Gasteiger partial charge in [-0.15, -0.1) is 0 Å². The Morgan fingerprint density at radius 2 is 2.06 bits per heavy atom. The summed E-state index contributed by atoms with van der Waals surface area (Å²) in [7, 11) is 0. The van der Waals surface area contributed by atoms with E-state index in [2.05, 4.69) is 57.2 Å². The lowest BCUT2D eigenvalue weighted by molar-refractivity contribution is 0.0988. The molecule has 3 heterocycles. The molecule has 0 amide bonds. The van der Waals surface area contributed by atoms with Crippen molar-refractivity contribution in [1.29, 1.82) is 0 Å².